The second-order valence-corrected chi connectivity index (χ2v) is 16.7. The lowest BCUT2D eigenvalue weighted by Gasteiger charge is -2.34. The summed E-state index contributed by atoms with van der Waals surface area (Å²) in [5, 5.41) is 5.19. The zero-order valence-corrected chi connectivity index (χ0v) is 34.4. The van der Waals surface area contributed by atoms with E-state index in [-0.39, 0.29) is 73.6 Å². The normalized spacial score (nSPS) is 19.9. The second-order valence-electron chi connectivity index (χ2n) is 14.5. The number of carbonyl (C=O) groups is 4. The van der Waals surface area contributed by atoms with E-state index in [0.717, 1.165) is 36.8 Å². The number of methoxy groups -OCH3 is 1. The van der Waals surface area contributed by atoms with Crippen molar-refractivity contribution in [2.45, 2.75) is 90.3 Å². The van der Waals surface area contributed by atoms with Crippen LogP contribution >= 0.6 is 23.8 Å². The Hall–Kier alpha value is -4.05. The van der Waals surface area contributed by atoms with Crippen LogP contribution in [-0.2, 0) is 52.1 Å². The van der Waals surface area contributed by atoms with Crippen molar-refractivity contribution in [1.29, 1.82) is 0 Å². The van der Waals surface area contributed by atoms with Gasteiger partial charge in [-0.1, -0.05) is 31.9 Å². The highest BCUT2D eigenvalue weighted by Gasteiger charge is 2.67. The number of halogens is 1. The minimum Gasteiger partial charge on any atom is -0.382 e. The van der Waals surface area contributed by atoms with Gasteiger partial charge in [-0.2, -0.15) is 5.10 Å². The number of amides is 1. The van der Waals surface area contributed by atoms with E-state index >= 15 is 0 Å². The van der Waals surface area contributed by atoms with Crippen LogP contribution in [0.5, 0.6) is 0 Å². The van der Waals surface area contributed by atoms with Crippen LogP contribution in [0.25, 0.3) is 22.0 Å². The number of unbranched alkanes of at least 4 members (excludes halogenated alkanes) is 1. The van der Waals surface area contributed by atoms with Crippen molar-refractivity contribution < 1.29 is 42.4 Å². The number of phosphoric acid groups is 1. The fourth-order valence-corrected chi connectivity index (χ4v) is 8.62. The van der Waals surface area contributed by atoms with Crippen molar-refractivity contribution in [2.24, 2.45) is 5.92 Å². The zero-order chi connectivity index (χ0) is 40.2. The molecule has 0 bridgehead atoms. The average Bonchev–Trinajstić information content (AvgIpc) is 3.58. The van der Waals surface area contributed by atoms with Crippen LogP contribution in [0.15, 0.2) is 47.3 Å². The Bertz CT molecular complexity index is 2180. The maximum atomic E-state index is 14.4. The number of pyridine rings is 1. The Morgan fingerprint density at radius 3 is 2.55 bits per heavy atom. The first kappa shape index (κ1) is 41.6. The van der Waals surface area contributed by atoms with Gasteiger partial charge in [0.2, 0.25) is 5.91 Å². The molecular weight excluding hydrogens is 807 g/mol. The highest BCUT2D eigenvalue weighted by atomic mass is 79.9. The number of benzene rings is 1. The predicted molar refractivity (Wildman–Crippen MR) is 209 cm³/mol. The summed E-state index contributed by atoms with van der Waals surface area (Å²) in [6.45, 7) is 4.70. The molecule has 56 heavy (non-hydrogen) atoms. The van der Waals surface area contributed by atoms with E-state index in [2.05, 4.69) is 42.9 Å². The molecule has 1 amide bonds. The van der Waals surface area contributed by atoms with Gasteiger partial charge in [0.15, 0.2) is 17.3 Å². The van der Waals surface area contributed by atoms with E-state index in [1.807, 2.05) is 42.2 Å². The minimum atomic E-state index is -4.37. The van der Waals surface area contributed by atoms with E-state index in [1.165, 1.54) is 14.0 Å². The van der Waals surface area contributed by atoms with Gasteiger partial charge in [0, 0.05) is 55.8 Å². The molecule has 1 unspecified atom stereocenters. The van der Waals surface area contributed by atoms with Crippen molar-refractivity contribution >= 4 is 57.9 Å². The predicted octanol–water partition coefficient (Wildman–Crippen LogP) is 5.81. The highest BCUT2D eigenvalue weighted by Crippen LogP contribution is 2.61. The van der Waals surface area contributed by atoms with Gasteiger partial charge in [-0.3, -0.25) is 32.9 Å². The van der Waals surface area contributed by atoms with Gasteiger partial charge in [0.05, 0.1) is 36.9 Å². The molecule has 2 aliphatic rings. The number of aromatic nitrogens is 5. The van der Waals surface area contributed by atoms with Gasteiger partial charge < -0.3 is 14.5 Å². The van der Waals surface area contributed by atoms with Crippen LogP contribution in [0, 0.1) is 12.8 Å². The average molecular weight is 854 g/mol. The van der Waals surface area contributed by atoms with Crippen molar-refractivity contribution in [1.82, 2.24) is 29.6 Å². The Balaban J connectivity index is 1.16. The lowest BCUT2D eigenvalue weighted by molar-refractivity contribution is -0.142. The maximum absolute atomic E-state index is 14.4. The molecule has 15 nitrogen and oxygen atoms in total. The summed E-state index contributed by atoms with van der Waals surface area (Å²) < 4.78 is 28.3. The maximum Gasteiger partial charge on any atom is 0.472 e. The largest absolute Gasteiger partial charge is 0.472 e. The standard InChI is InChI=1S/C39H46BrN6O9P/c1-5-6-13-39-19-28(39)17-33(34(49)18-31-24(2)7-11-35(40)43-31)46(39)37(50)22-45-32-10-8-26(16-30(32)38(44-45)25(3)47)27-20-41-36(42-21-27)12-9-29(48)23-55-56(51,52)54-15-14-53-4/h7-8,10-11,16,20-21,28,33H,5-6,9,12-15,17-19,22-23H2,1-4H3,(H,51,52)/t28-,33-,39+/m0/s1. The van der Waals surface area contributed by atoms with E-state index < -0.39 is 26.3 Å². The monoisotopic (exact) mass is 852 g/mol. The number of nitrogens with zero attached hydrogens (tertiary/aromatic N) is 6. The van der Waals surface area contributed by atoms with E-state index in [4.69, 9.17) is 13.8 Å². The van der Waals surface area contributed by atoms with E-state index in [1.54, 1.807) is 17.1 Å². The van der Waals surface area contributed by atoms with Gasteiger partial charge in [-0.15, -0.1) is 0 Å². The molecule has 4 aromatic rings. The fourth-order valence-electron chi connectivity index (χ4n) is 7.59. The number of piperidine rings is 1. The summed E-state index contributed by atoms with van der Waals surface area (Å²) in [6.07, 6.45) is 7.79. The minimum absolute atomic E-state index is 0.0160. The van der Waals surface area contributed by atoms with Gasteiger partial charge in [0.1, 0.15) is 29.3 Å². The molecule has 298 valence electrons. The van der Waals surface area contributed by atoms with Crippen molar-refractivity contribution in [3.05, 3.63) is 70.1 Å². The first-order valence-corrected chi connectivity index (χ1v) is 21.0. The topological polar surface area (TPSA) is 193 Å². The number of rotatable bonds is 20. The molecule has 17 heteroatoms. The van der Waals surface area contributed by atoms with Crippen molar-refractivity contribution in [3.8, 4) is 11.1 Å². The Morgan fingerprint density at radius 2 is 1.84 bits per heavy atom. The molecule has 4 atom stereocenters. The van der Waals surface area contributed by atoms with Crippen LogP contribution in [0.4, 0.5) is 0 Å². The first-order chi connectivity index (χ1) is 26.7. The highest BCUT2D eigenvalue weighted by molar-refractivity contribution is 9.10. The number of phosphoric ester groups is 1. The summed E-state index contributed by atoms with van der Waals surface area (Å²) in [5.74, 6) is -0.246. The molecule has 1 aliphatic carbocycles. The number of hydrogen-bond acceptors (Lipinski definition) is 12. The molecule has 1 aromatic carbocycles. The molecule has 3 aromatic heterocycles. The van der Waals surface area contributed by atoms with Gasteiger partial charge in [-0.05, 0) is 77.4 Å². The Labute approximate surface area is 333 Å². The summed E-state index contributed by atoms with van der Waals surface area (Å²) >= 11 is 3.41. The number of fused-ring (bicyclic) bond motifs is 2. The molecule has 2 fully saturated rings. The third-order valence-electron chi connectivity index (χ3n) is 10.6. The van der Waals surface area contributed by atoms with Gasteiger partial charge >= 0.3 is 7.82 Å². The molecule has 1 N–H and O–H groups in total. The lowest BCUT2D eigenvalue weighted by atomic mass is 10.0. The molecule has 0 spiro atoms. The number of ketones is 3. The van der Waals surface area contributed by atoms with Crippen LogP contribution in [0.1, 0.15) is 79.9 Å². The summed E-state index contributed by atoms with van der Waals surface area (Å²) in [7, 11) is -2.95. The molecule has 4 heterocycles. The number of carbonyl (C=O) groups excluding carboxylic acids is 4. The van der Waals surface area contributed by atoms with E-state index in [0.29, 0.717) is 39.0 Å². The SMILES string of the molecule is CCCC[C@@]12C[C@@H]1C[C@@H](C(=O)Cc1nc(Br)ccc1C)N2C(=O)Cn1nc(C(C)=O)c2cc(-c3cnc(CCC(=O)COP(=O)(O)OCCOC)nc3)ccc21. The Morgan fingerprint density at radius 1 is 1.07 bits per heavy atom. The molecule has 1 saturated carbocycles. The second kappa shape index (κ2) is 17.6. The third kappa shape index (κ3) is 9.38. The fraction of sp³-hybridized carbons (Fsp3) is 0.487. The number of ether oxygens (including phenoxy) is 1. The molecule has 1 saturated heterocycles. The molecule has 6 rings (SSSR count). The lowest BCUT2D eigenvalue weighted by Crippen LogP contribution is -2.50. The van der Waals surface area contributed by atoms with Crippen LogP contribution < -0.4 is 0 Å². The molecular formula is C39H46BrN6O9P. The summed E-state index contributed by atoms with van der Waals surface area (Å²) in [6, 6.07) is 8.68. The quantitative estimate of drug-likeness (QED) is 0.0486. The molecule has 0 radical (unpaired) electrons. The number of Topliss-reactive ketones (excluding diaryl/α,β-unsaturated/α-hetero) is 3. The zero-order valence-electron chi connectivity index (χ0n) is 31.9. The summed E-state index contributed by atoms with van der Waals surface area (Å²) in [5.41, 5.74) is 3.47. The van der Waals surface area contributed by atoms with Crippen LogP contribution in [0.2, 0.25) is 0 Å². The third-order valence-corrected chi connectivity index (χ3v) is 12.0. The van der Waals surface area contributed by atoms with Gasteiger partial charge in [0.25, 0.3) is 0 Å². The van der Waals surface area contributed by atoms with Crippen LogP contribution in [-0.4, -0.2) is 96.3 Å². The van der Waals surface area contributed by atoms with Crippen molar-refractivity contribution in [2.75, 3.05) is 26.9 Å². The van der Waals surface area contributed by atoms with Crippen LogP contribution in [0.3, 0.4) is 0 Å². The smallest absolute Gasteiger partial charge is 0.382 e. The summed E-state index contributed by atoms with van der Waals surface area (Å²) in [4.78, 5) is 78.3. The number of likely N-dealkylation sites (tertiary alicyclic amines) is 1. The van der Waals surface area contributed by atoms with Gasteiger partial charge in [-0.25, -0.2) is 19.5 Å². The first-order valence-electron chi connectivity index (χ1n) is 18.7. The molecule has 1 aliphatic heterocycles. The van der Waals surface area contributed by atoms with Crippen molar-refractivity contribution in [3.63, 3.8) is 0 Å². The number of hydrogen-bond donors (Lipinski definition) is 1. The Kier molecular flexibility index (Phi) is 13.1. The van der Waals surface area contributed by atoms with E-state index in [9.17, 15) is 28.6 Å². The number of aryl methyl sites for hydroxylation is 2.